The third-order valence-corrected chi connectivity index (χ3v) is 5.66. The van der Waals surface area contributed by atoms with Gasteiger partial charge in [-0.1, -0.05) is 18.5 Å². The highest BCUT2D eigenvalue weighted by atomic mass is 35.5. The molecule has 0 aromatic carbocycles. The van der Waals surface area contributed by atoms with E-state index in [1.165, 1.54) is 0 Å². The second-order valence-electron chi connectivity index (χ2n) is 6.14. The van der Waals surface area contributed by atoms with E-state index in [4.69, 9.17) is 17.3 Å². The average molecular weight is 330 g/mol. The first-order valence-corrected chi connectivity index (χ1v) is 8.51. The fourth-order valence-corrected chi connectivity index (χ4v) is 4.27. The minimum absolute atomic E-state index is 0.0183. The number of carbonyl (C=O) groups is 1. The van der Waals surface area contributed by atoms with Crippen LogP contribution in [0.2, 0.25) is 4.34 Å². The van der Waals surface area contributed by atoms with E-state index >= 15 is 0 Å². The first-order chi connectivity index (χ1) is 9.78. The molecule has 0 spiro atoms. The first kappa shape index (κ1) is 16.7. The van der Waals surface area contributed by atoms with Crippen LogP contribution < -0.4 is 5.73 Å². The van der Waals surface area contributed by atoms with Crippen molar-refractivity contribution in [2.75, 3.05) is 20.1 Å². The monoisotopic (exact) mass is 329 g/mol. The SMILES string of the molecule is CCC(N)C(c1ccc(Cl)s1)N1CCN(C)C(=O)C1(C)C. The Morgan fingerprint density at radius 1 is 1.43 bits per heavy atom. The van der Waals surface area contributed by atoms with Crippen LogP contribution in [-0.2, 0) is 4.79 Å². The summed E-state index contributed by atoms with van der Waals surface area (Å²) in [7, 11) is 1.86. The summed E-state index contributed by atoms with van der Waals surface area (Å²) in [4.78, 5) is 17.7. The Hall–Kier alpha value is -0.620. The normalized spacial score (nSPS) is 22.4. The largest absolute Gasteiger partial charge is 0.343 e. The molecular weight excluding hydrogens is 306 g/mol. The van der Waals surface area contributed by atoms with E-state index in [0.717, 1.165) is 28.7 Å². The van der Waals surface area contributed by atoms with Gasteiger partial charge in [-0.2, -0.15) is 0 Å². The second-order valence-corrected chi connectivity index (χ2v) is 7.88. The summed E-state index contributed by atoms with van der Waals surface area (Å²) in [6, 6.07) is 3.95. The van der Waals surface area contributed by atoms with Gasteiger partial charge in [0.25, 0.3) is 0 Å². The van der Waals surface area contributed by atoms with Crippen LogP contribution in [0, 0.1) is 0 Å². The van der Waals surface area contributed by atoms with Crippen molar-refractivity contribution >= 4 is 28.8 Å². The highest BCUT2D eigenvalue weighted by Gasteiger charge is 2.45. The second kappa shape index (κ2) is 6.24. The van der Waals surface area contributed by atoms with E-state index in [1.807, 2.05) is 33.0 Å². The number of hydrogen-bond donors (Lipinski definition) is 1. The molecule has 2 atom stereocenters. The van der Waals surface area contributed by atoms with Gasteiger partial charge in [-0.25, -0.2) is 0 Å². The van der Waals surface area contributed by atoms with Crippen LogP contribution in [-0.4, -0.2) is 47.4 Å². The lowest BCUT2D eigenvalue weighted by atomic mass is 9.91. The Balaban J connectivity index is 2.39. The van der Waals surface area contributed by atoms with Gasteiger partial charge in [0.1, 0.15) is 0 Å². The highest BCUT2D eigenvalue weighted by Crippen LogP contribution is 2.38. The molecule has 4 nitrogen and oxygen atoms in total. The molecular formula is C15H24ClN3OS. The summed E-state index contributed by atoms with van der Waals surface area (Å²) in [5.74, 6) is 0.143. The van der Waals surface area contributed by atoms with Crippen molar-refractivity contribution in [3.8, 4) is 0 Å². The maximum absolute atomic E-state index is 12.5. The maximum atomic E-state index is 12.5. The van der Waals surface area contributed by atoms with Crippen LogP contribution in [0.5, 0.6) is 0 Å². The predicted molar refractivity (Wildman–Crippen MR) is 88.8 cm³/mol. The number of piperazine rings is 1. The minimum atomic E-state index is -0.555. The van der Waals surface area contributed by atoms with E-state index in [0.29, 0.717) is 0 Å². The maximum Gasteiger partial charge on any atom is 0.242 e. The molecule has 0 bridgehead atoms. The molecule has 1 amide bonds. The molecule has 2 N–H and O–H groups in total. The van der Waals surface area contributed by atoms with Crippen LogP contribution >= 0.6 is 22.9 Å². The van der Waals surface area contributed by atoms with Gasteiger partial charge in [0.15, 0.2) is 0 Å². The number of carbonyl (C=O) groups excluding carboxylic acids is 1. The number of hydrogen-bond acceptors (Lipinski definition) is 4. The molecule has 21 heavy (non-hydrogen) atoms. The van der Waals surface area contributed by atoms with Gasteiger partial charge in [-0.15, -0.1) is 11.3 Å². The Morgan fingerprint density at radius 3 is 2.62 bits per heavy atom. The number of rotatable bonds is 4. The zero-order valence-corrected chi connectivity index (χ0v) is 14.7. The number of amides is 1. The molecule has 2 heterocycles. The number of halogens is 1. The molecule has 1 aromatic heterocycles. The molecule has 0 aliphatic carbocycles. The van der Waals surface area contributed by atoms with Crippen LogP contribution in [0.1, 0.15) is 38.1 Å². The van der Waals surface area contributed by atoms with Crippen LogP contribution in [0.4, 0.5) is 0 Å². The van der Waals surface area contributed by atoms with Gasteiger partial charge in [0.05, 0.1) is 15.9 Å². The van der Waals surface area contributed by atoms with Gasteiger partial charge in [0.2, 0.25) is 5.91 Å². The Bertz CT molecular complexity index is 517. The van der Waals surface area contributed by atoms with Crippen LogP contribution in [0.15, 0.2) is 12.1 Å². The molecule has 118 valence electrons. The van der Waals surface area contributed by atoms with E-state index in [-0.39, 0.29) is 18.0 Å². The first-order valence-electron chi connectivity index (χ1n) is 7.32. The highest BCUT2D eigenvalue weighted by molar-refractivity contribution is 7.16. The molecule has 1 aliphatic heterocycles. The molecule has 1 aliphatic rings. The van der Waals surface area contributed by atoms with Gasteiger partial charge >= 0.3 is 0 Å². The topological polar surface area (TPSA) is 49.6 Å². The summed E-state index contributed by atoms with van der Waals surface area (Å²) >= 11 is 7.65. The summed E-state index contributed by atoms with van der Waals surface area (Å²) < 4.78 is 0.761. The van der Waals surface area contributed by atoms with Crippen molar-refractivity contribution < 1.29 is 4.79 Å². The molecule has 1 aromatic rings. The van der Waals surface area contributed by atoms with E-state index in [2.05, 4.69) is 11.8 Å². The van der Waals surface area contributed by atoms with E-state index < -0.39 is 5.54 Å². The van der Waals surface area contributed by atoms with Crippen molar-refractivity contribution in [1.29, 1.82) is 0 Å². The predicted octanol–water partition coefficient (Wildman–Crippen LogP) is 2.73. The van der Waals surface area contributed by atoms with Crippen molar-refractivity contribution in [3.63, 3.8) is 0 Å². The molecule has 1 fully saturated rings. The number of nitrogens with two attached hydrogens (primary N) is 1. The molecule has 6 heteroatoms. The third-order valence-electron chi connectivity index (χ3n) is 4.36. The fraction of sp³-hybridized carbons (Fsp3) is 0.667. The molecule has 2 rings (SSSR count). The molecule has 2 unspecified atom stereocenters. The van der Waals surface area contributed by atoms with Gasteiger partial charge in [-0.3, -0.25) is 9.69 Å². The quantitative estimate of drug-likeness (QED) is 0.924. The Kier molecular flexibility index (Phi) is 4.98. The molecule has 0 saturated carbocycles. The lowest BCUT2D eigenvalue weighted by Crippen LogP contribution is -2.64. The average Bonchev–Trinajstić information content (AvgIpc) is 2.85. The summed E-state index contributed by atoms with van der Waals surface area (Å²) in [5, 5.41) is 0. The third kappa shape index (κ3) is 3.11. The zero-order chi connectivity index (χ0) is 15.8. The van der Waals surface area contributed by atoms with Crippen molar-refractivity contribution in [2.45, 2.75) is 44.8 Å². The van der Waals surface area contributed by atoms with Crippen LogP contribution in [0.3, 0.4) is 0 Å². The van der Waals surface area contributed by atoms with Crippen molar-refractivity contribution in [2.24, 2.45) is 5.73 Å². The Labute approximate surface area is 135 Å². The lowest BCUT2D eigenvalue weighted by Gasteiger charge is -2.49. The smallest absolute Gasteiger partial charge is 0.242 e. The lowest BCUT2D eigenvalue weighted by molar-refractivity contribution is -0.150. The standard InChI is InChI=1S/C15H24ClN3OS/c1-5-10(17)13(11-6-7-12(16)21-11)19-9-8-18(4)14(20)15(19,2)3/h6-7,10,13H,5,8-9,17H2,1-4H3. The summed E-state index contributed by atoms with van der Waals surface area (Å²) in [6.45, 7) is 7.60. The van der Waals surface area contributed by atoms with Crippen LogP contribution in [0.25, 0.3) is 0 Å². The van der Waals surface area contributed by atoms with Gasteiger partial charge in [0, 0.05) is 31.1 Å². The van der Waals surface area contributed by atoms with Gasteiger partial charge in [-0.05, 0) is 32.4 Å². The summed E-state index contributed by atoms with van der Waals surface area (Å²) in [6.07, 6.45) is 0.858. The summed E-state index contributed by atoms with van der Waals surface area (Å²) in [5.41, 5.74) is 5.83. The molecule has 0 radical (unpaired) electrons. The van der Waals surface area contributed by atoms with E-state index in [9.17, 15) is 4.79 Å². The van der Waals surface area contributed by atoms with E-state index in [1.54, 1.807) is 16.2 Å². The fourth-order valence-electron chi connectivity index (χ4n) is 3.02. The number of likely N-dealkylation sites (N-methyl/N-ethyl adjacent to an activating group) is 1. The Morgan fingerprint density at radius 2 is 2.10 bits per heavy atom. The number of nitrogens with zero attached hydrogens (tertiary/aromatic N) is 2. The number of thiophene rings is 1. The minimum Gasteiger partial charge on any atom is -0.343 e. The van der Waals surface area contributed by atoms with Crippen molar-refractivity contribution in [3.05, 3.63) is 21.3 Å². The van der Waals surface area contributed by atoms with Crippen molar-refractivity contribution in [1.82, 2.24) is 9.80 Å². The van der Waals surface area contributed by atoms with Gasteiger partial charge < -0.3 is 10.6 Å². The zero-order valence-electron chi connectivity index (χ0n) is 13.1. The molecule has 1 saturated heterocycles.